The second kappa shape index (κ2) is 8.22. The fourth-order valence-corrected chi connectivity index (χ4v) is 7.87. The standard InChI is InChI=1S/C23H27NO5S2/c1-28-18-6-7-20-15(11-18)4-5-16-12-21(30-22(16)20)23(25)24(13-19-3-2-9-29-19)17-8-10-31(26,27)14-17/h6-7,11-12,17,19H,2-5,8-10,13-14H2,1H3/t17-,19-/m1/s1. The molecule has 5 rings (SSSR count). The minimum atomic E-state index is -3.08. The molecule has 2 fully saturated rings. The summed E-state index contributed by atoms with van der Waals surface area (Å²) in [7, 11) is -1.41. The van der Waals surface area contributed by atoms with Crippen molar-refractivity contribution in [3.8, 4) is 16.2 Å². The van der Waals surface area contributed by atoms with E-state index in [0.29, 0.717) is 24.4 Å². The molecule has 2 saturated heterocycles. The number of benzene rings is 1. The number of sulfone groups is 1. The van der Waals surface area contributed by atoms with Crippen LogP contribution in [0.15, 0.2) is 24.3 Å². The summed E-state index contributed by atoms with van der Waals surface area (Å²) >= 11 is 1.52. The lowest BCUT2D eigenvalue weighted by Gasteiger charge is -2.30. The maximum absolute atomic E-state index is 13.6. The molecule has 3 aliphatic rings. The molecule has 2 aliphatic heterocycles. The Bertz CT molecular complexity index is 1100. The van der Waals surface area contributed by atoms with Crippen molar-refractivity contribution >= 4 is 27.1 Å². The first-order valence-electron chi connectivity index (χ1n) is 10.9. The molecule has 0 bridgehead atoms. The van der Waals surface area contributed by atoms with Gasteiger partial charge in [0.05, 0.1) is 29.6 Å². The van der Waals surface area contributed by atoms with Gasteiger partial charge in [0, 0.05) is 24.1 Å². The summed E-state index contributed by atoms with van der Waals surface area (Å²) in [6.45, 7) is 1.18. The second-order valence-electron chi connectivity index (χ2n) is 8.64. The predicted octanol–water partition coefficient (Wildman–Crippen LogP) is 3.33. The van der Waals surface area contributed by atoms with Crippen LogP contribution >= 0.6 is 11.3 Å². The molecule has 0 saturated carbocycles. The van der Waals surface area contributed by atoms with Gasteiger partial charge in [0.25, 0.3) is 5.91 Å². The van der Waals surface area contributed by atoms with Gasteiger partial charge in [-0.05, 0) is 73.1 Å². The lowest BCUT2D eigenvalue weighted by molar-refractivity contribution is 0.0445. The van der Waals surface area contributed by atoms with Crippen LogP contribution in [0.2, 0.25) is 0 Å². The molecule has 1 aliphatic carbocycles. The van der Waals surface area contributed by atoms with Crippen molar-refractivity contribution in [1.29, 1.82) is 0 Å². The van der Waals surface area contributed by atoms with Crippen molar-refractivity contribution < 1.29 is 22.7 Å². The van der Waals surface area contributed by atoms with Gasteiger partial charge in [-0.1, -0.05) is 0 Å². The number of methoxy groups -OCH3 is 1. The molecule has 1 aromatic carbocycles. The van der Waals surface area contributed by atoms with Gasteiger partial charge < -0.3 is 14.4 Å². The van der Waals surface area contributed by atoms with Gasteiger partial charge in [-0.2, -0.15) is 0 Å². The van der Waals surface area contributed by atoms with Crippen LogP contribution in [0, 0.1) is 0 Å². The summed E-state index contributed by atoms with van der Waals surface area (Å²) in [6, 6.07) is 7.86. The number of amides is 1. The average molecular weight is 462 g/mol. The SMILES string of the molecule is COc1ccc2c(c1)CCc1cc(C(=O)N(C[C@H]3CCCO3)[C@@H]3CCS(=O)(=O)C3)sc1-2. The van der Waals surface area contributed by atoms with Crippen molar-refractivity contribution in [3.63, 3.8) is 0 Å². The molecule has 0 N–H and O–H groups in total. The number of hydrogen-bond donors (Lipinski definition) is 0. The molecule has 2 aromatic rings. The van der Waals surface area contributed by atoms with E-state index in [1.54, 1.807) is 12.0 Å². The number of thiophene rings is 1. The molecule has 166 valence electrons. The van der Waals surface area contributed by atoms with Gasteiger partial charge in [-0.15, -0.1) is 11.3 Å². The smallest absolute Gasteiger partial charge is 0.264 e. The number of carbonyl (C=O) groups is 1. The van der Waals surface area contributed by atoms with Gasteiger partial charge in [0.15, 0.2) is 9.84 Å². The first-order chi connectivity index (χ1) is 14.9. The van der Waals surface area contributed by atoms with E-state index in [2.05, 4.69) is 12.1 Å². The zero-order valence-electron chi connectivity index (χ0n) is 17.6. The number of hydrogen-bond acceptors (Lipinski definition) is 6. The first-order valence-corrected chi connectivity index (χ1v) is 13.5. The van der Waals surface area contributed by atoms with Crippen LogP contribution in [0.3, 0.4) is 0 Å². The lowest BCUT2D eigenvalue weighted by Crippen LogP contribution is -2.45. The molecule has 8 heteroatoms. The summed E-state index contributed by atoms with van der Waals surface area (Å²) in [4.78, 5) is 17.2. The third-order valence-corrected chi connectivity index (χ3v) is 9.52. The fraction of sp³-hybridized carbons (Fsp3) is 0.522. The molecule has 2 atom stereocenters. The molecular weight excluding hydrogens is 434 g/mol. The molecule has 0 spiro atoms. The number of nitrogens with zero attached hydrogens (tertiary/aromatic N) is 1. The second-order valence-corrected chi connectivity index (χ2v) is 11.9. The quantitative estimate of drug-likeness (QED) is 0.683. The van der Waals surface area contributed by atoms with Crippen LogP contribution in [0.5, 0.6) is 5.75 Å². The Kier molecular flexibility index (Phi) is 5.56. The summed E-state index contributed by atoms with van der Waals surface area (Å²) in [5, 5.41) is 0. The summed E-state index contributed by atoms with van der Waals surface area (Å²) in [5.74, 6) is 0.995. The van der Waals surface area contributed by atoms with E-state index in [9.17, 15) is 13.2 Å². The number of ether oxygens (including phenoxy) is 2. The molecule has 6 nitrogen and oxygen atoms in total. The third kappa shape index (κ3) is 4.13. The largest absolute Gasteiger partial charge is 0.497 e. The Morgan fingerprint density at radius 3 is 2.77 bits per heavy atom. The van der Waals surface area contributed by atoms with Crippen LogP contribution < -0.4 is 4.74 Å². The molecule has 1 aromatic heterocycles. The van der Waals surface area contributed by atoms with Gasteiger partial charge in [-0.3, -0.25) is 4.79 Å². The van der Waals surface area contributed by atoms with Crippen LogP contribution in [-0.4, -0.2) is 63.1 Å². The van der Waals surface area contributed by atoms with Crippen molar-refractivity contribution in [2.24, 2.45) is 0 Å². The van der Waals surface area contributed by atoms with Crippen LogP contribution in [0.25, 0.3) is 10.4 Å². The molecule has 31 heavy (non-hydrogen) atoms. The van der Waals surface area contributed by atoms with Crippen molar-refractivity contribution in [2.75, 3.05) is 31.8 Å². The number of carbonyl (C=O) groups excluding carboxylic acids is 1. The van der Waals surface area contributed by atoms with Crippen LogP contribution in [0.1, 0.15) is 40.1 Å². The van der Waals surface area contributed by atoms with E-state index < -0.39 is 9.84 Å². The topological polar surface area (TPSA) is 72.9 Å². The van der Waals surface area contributed by atoms with E-state index in [-0.39, 0.29) is 29.6 Å². The Morgan fingerprint density at radius 2 is 2.06 bits per heavy atom. The van der Waals surface area contributed by atoms with Crippen molar-refractivity contribution in [1.82, 2.24) is 4.90 Å². The average Bonchev–Trinajstić information content (AvgIpc) is 3.50. The van der Waals surface area contributed by atoms with E-state index in [0.717, 1.165) is 36.3 Å². The van der Waals surface area contributed by atoms with Crippen LogP contribution in [-0.2, 0) is 27.4 Å². The van der Waals surface area contributed by atoms with Crippen molar-refractivity contribution in [2.45, 2.75) is 44.2 Å². The molecule has 3 heterocycles. The third-order valence-electron chi connectivity index (χ3n) is 6.57. The lowest BCUT2D eigenvalue weighted by atomic mass is 9.91. The van der Waals surface area contributed by atoms with E-state index in [1.807, 2.05) is 12.1 Å². The van der Waals surface area contributed by atoms with Gasteiger partial charge in [0.2, 0.25) is 0 Å². The number of fused-ring (bicyclic) bond motifs is 3. The highest BCUT2D eigenvalue weighted by molar-refractivity contribution is 7.91. The van der Waals surface area contributed by atoms with E-state index in [4.69, 9.17) is 9.47 Å². The summed E-state index contributed by atoms with van der Waals surface area (Å²) in [5.41, 5.74) is 3.60. The minimum absolute atomic E-state index is 0.00460. The minimum Gasteiger partial charge on any atom is -0.497 e. The first kappa shape index (κ1) is 21.0. The Labute approximate surface area is 187 Å². The van der Waals surface area contributed by atoms with Crippen molar-refractivity contribution in [3.05, 3.63) is 40.3 Å². The maximum atomic E-state index is 13.6. The Balaban J connectivity index is 1.45. The van der Waals surface area contributed by atoms with E-state index >= 15 is 0 Å². The Hall–Kier alpha value is -1.90. The summed E-state index contributed by atoms with van der Waals surface area (Å²) in [6.07, 6.45) is 4.22. The van der Waals surface area contributed by atoms with Gasteiger partial charge in [-0.25, -0.2) is 8.42 Å². The maximum Gasteiger partial charge on any atom is 0.264 e. The normalized spacial score (nSPS) is 23.9. The Morgan fingerprint density at radius 1 is 1.23 bits per heavy atom. The van der Waals surface area contributed by atoms with Crippen LogP contribution in [0.4, 0.5) is 0 Å². The van der Waals surface area contributed by atoms with Gasteiger partial charge >= 0.3 is 0 Å². The highest BCUT2D eigenvalue weighted by Crippen LogP contribution is 2.41. The molecule has 0 unspecified atom stereocenters. The zero-order chi connectivity index (χ0) is 21.6. The molecule has 0 radical (unpaired) electrons. The fourth-order valence-electron chi connectivity index (χ4n) is 4.91. The highest BCUT2D eigenvalue weighted by atomic mass is 32.2. The van der Waals surface area contributed by atoms with Gasteiger partial charge in [0.1, 0.15) is 5.75 Å². The molecule has 1 amide bonds. The monoisotopic (exact) mass is 461 g/mol. The zero-order valence-corrected chi connectivity index (χ0v) is 19.3. The number of aryl methyl sites for hydroxylation is 2. The predicted molar refractivity (Wildman–Crippen MR) is 121 cm³/mol. The number of rotatable bonds is 5. The summed E-state index contributed by atoms with van der Waals surface area (Å²) < 4.78 is 35.4. The molecular formula is C23H27NO5S2. The highest BCUT2D eigenvalue weighted by Gasteiger charge is 2.37. The van der Waals surface area contributed by atoms with E-state index in [1.165, 1.54) is 28.0 Å².